The van der Waals surface area contributed by atoms with Crippen LogP contribution < -0.4 is 10.2 Å². The van der Waals surface area contributed by atoms with E-state index in [0.717, 1.165) is 64.2 Å². The van der Waals surface area contributed by atoms with E-state index in [-0.39, 0.29) is 11.7 Å². The average Bonchev–Trinajstić information content (AvgIpc) is 2.73. The second-order valence-corrected chi connectivity index (χ2v) is 8.84. The minimum absolute atomic E-state index is 0.113. The van der Waals surface area contributed by atoms with Gasteiger partial charge < -0.3 is 20.0 Å². The van der Waals surface area contributed by atoms with Gasteiger partial charge in [-0.25, -0.2) is 4.39 Å². The number of carbonyl (C=O) groups excluding carboxylic acids is 1. The van der Waals surface area contributed by atoms with Crippen LogP contribution in [0.4, 0.5) is 10.1 Å². The number of rotatable bonds is 8. The molecule has 2 fully saturated rings. The molecule has 1 aromatic carbocycles. The van der Waals surface area contributed by atoms with Gasteiger partial charge in [-0.05, 0) is 77.3 Å². The summed E-state index contributed by atoms with van der Waals surface area (Å²) in [7, 11) is 4.04. The molecule has 0 aliphatic carbocycles. The fraction of sp³-hybridized carbons (Fsp3) is 0.696. The van der Waals surface area contributed by atoms with E-state index in [1.807, 2.05) is 26.2 Å². The lowest BCUT2D eigenvalue weighted by Crippen LogP contribution is -2.48. The number of hydrogen-bond donors (Lipinski definition) is 1. The number of piperidine rings is 2. The lowest BCUT2D eigenvalue weighted by molar-refractivity contribution is -0.121. The average molecular weight is 405 g/mol. The number of amides is 1. The fourth-order valence-corrected chi connectivity index (χ4v) is 4.63. The number of nitrogens with zero attached hydrogens (tertiary/aromatic N) is 3. The van der Waals surface area contributed by atoms with Gasteiger partial charge in [-0.15, -0.1) is 0 Å². The van der Waals surface area contributed by atoms with Crippen molar-refractivity contribution in [2.75, 3.05) is 58.3 Å². The van der Waals surface area contributed by atoms with Crippen LogP contribution in [0.1, 0.15) is 38.5 Å². The first-order valence-corrected chi connectivity index (χ1v) is 11.2. The summed E-state index contributed by atoms with van der Waals surface area (Å²) in [5, 5.41) is 3.01. The normalized spacial score (nSPS) is 19.7. The van der Waals surface area contributed by atoms with Crippen LogP contribution in [0.25, 0.3) is 0 Å². The lowest BCUT2D eigenvalue weighted by atomic mass is 9.90. The molecule has 6 heteroatoms. The number of halogens is 1. The third-order valence-corrected chi connectivity index (χ3v) is 6.48. The maximum atomic E-state index is 14.0. The van der Waals surface area contributed by atoms with Crippen molar-refractivity contribution in [3.05, 3.63) is 30.1 Å². The summed E-state index contributed by atoms with van der Waals surface area (Å²) in [6.07, 6.45) is 6.25. The zero-order valence-electron chi connectivity index (χ0n) is 18.1. The predicted octanol–water partition coefficient (Wildman–Crippen LogP) is 2.96. The summed E-state index contributed by atoms with van der Waals surface area (Å²) in [4.78, 5) is 18.9. The summed E-state index contributed by atoms with van der Waals surface area (Å²) in [6, 6.07) is 7.72. The Balaban J connectivity index is 1.33. The number of para-hydroxylation sites is 1. The van der Waals surface area contributed by atoms with E-state index in [4.69, 9.17) is 0 Å². The van der Waals surface area contributed by atoms with E-state index in [0.29, 0.717) is 18.4 Å². The SMILES string of the molecule is CN(C)CCNC(=O)CCC1CCN(C2CCN(c3ccccc3F)CC2)CC1. The molecule has 0 saturated carbocycles. The van der Waals surface area contributed by atoms with E-state index >= 15 is 0 Å². The molecular formula is C23H37FN4O. The van der Waals surface area contributed by atoms with Crippen molar-refractivity contribution in [1.29, 1.82) is 0 Å². The molecule has 162 valence electrons. The minimum Gasteiger partial charge on any atom is -0.369 e. The van der Waals surface area contributed by atoms with E-state index < -0.39 is 0 Å². The Labute approximate surface area is 175 Å². The standard InChI is InChI=1S/C23H37FN4O/c1-26(2)18-13-25-23(29)8-7-19-9-14-27(15-10-19)20-11-16-28(17-12-20)22-6-4-3-5-21(22)24/h3-6,19-20H,7-18H2,1-2H3,(H,25,29). The van der Waals surface area contributed by atoms with Crippen LogP contribution in [0.15, 0.2) is 24.3 Å². The van der Waals surface area contributed by atoms with Crippen LogP contribution in [0.5, 0.6) is 0 Å². The Morgan fingerprint density at radius 3 is 2.45 bits per heavy atom. The molecular weight excluding hydrogens is 367 g/mol. The number of likely N-dealkylation sites (tertiary alicyclic amines) is 1. The van der Waals surface area contributed by atoms with Crippen molar-refractivity contribution in [2.24, 2.45) is 5.92 Å². The smallest absolute Gasteiger partial charge is 0.220 e. The van der Waals surface area contributed by atoms with Gasteiger partial charge >= 0.3 is 0 Å². The third-order valence-electron chi connectivity index (χ3n) is 6.48. The van der Waals surface area contributed by atoms with Gasteiger partial charge in [-0.1, -0.05) is 12.1 Å². The van der Waals surface area contributed by atoms with Gasteiger partial charge in [-0.2, -0.15) is 0 Å². The first-order chi connectivity index (χ1) is 14.0. The maximum Gasteiger partial charge on any atom is 0.220 e. The summed E-state index contributed by atoms with van der Waals surface area (Å²) in [5.41, 5.74) is 0.744. The van der Waals surface area contributed by atoms with Crippen molar-refractivity contribution < 1.29 is 9.18 Å². The van der Waals surface area contributed by atoms with Crippen LogP contribution in [-0.2, 0) is 4.79 Å². The number of nitrogens with one attached hydrogen (secondary N) is 1. The molecule has 1 aromatic rings. The number of likely N-dealkylation sites (N-methyl/N-ethyl adjacent to an activating group) is 1. The number of benzene rings is 1. The molecule has 3 rings (SSSR count). The predicted molar refractivity (Wildman–Crippen MR) is 117 cm³/mol. The van der Waals surface area contributed by atoms with Gasteiger partial charge in [0.05, 0.1) is 5.69 Å². The summed E-state index contributed by atoms with van der Waals surface area (Å²) >= 11 is 0. The molecule has 2 aliphatic heterocycles. The zero-order valence-corrected chi connectivity index (χ0v) is 18.1. The Kier molecular flexibility index (Phi) is 8.30. The van der Waals surface area contributed by atoms with E-state index in [1.165, 1.54) is 12.8 Å². The molecule has 2 aliphatic rings. The molecule has 0 bridgehead atoms. The van der Waals surface area contributed by atoms with Crippen molar-refractivity contribution in [2.45, 2.75) is 44.6 Å². The van der Waals surface area contributed by atoms with Gasteiger partial charge in [0.2, 0.25) is 5.91 Å². The van der Waals surface area contributed by atoms with E-state index in [1.54, 1.807) is 12.1 Å². The molecule has 5 nitrogen and oxygen atoms in total. The summed E-state index contributed by atoms with van der Waals surface area (Å²) in [6.45, 7) is 5.75. The van der Waals surface area contributed by atoms with Crippen molar-refractivity contribution in [3.63, 3.8) is 0 Å². The van der Waals surface area contributed by atoms with Crippen molar-refractivity contribution >= 4 is 11.6 Å². The topological polar surface area (TPSA) is 38.8 Å². The Hall–Kier alpha value is -1.66. The van der Waals surface area contributed by atoms with Crippen LogP contribution >= 0.6 is 0 Å². The van der Waals surface area contributed by atoms with Crippen LogP contribution in [0.3, 0.4) is 0 Å². The first-order valence-electron chi connectivity index (χ1n) is 11.2. The molecule has 0 radical (unpaired) electrons. The molecule has 0 atom stereocenters. The molecule has 0 spiro atoms. The molecule has 2 heterocycles. The van der Waals surface area contributed by atoms with Crippen LogP contribution in [0.2, 0.25) is 0 Å². The molecule has 1 N–H and O–H groups in total. The number of hydrogen-bond acceptors (Lipinski definition) is 4. The van der Waals surface area contributed by atoms with Crippen LogP contribution in [-0.4, -0.2) is 75.1 Å². The zero-order chi connectivity index (χ0) is 20.6. The second kappa shape index (κ2) is 10.9. The fourth-order valence-electron chi connectivity index (χ4n) is 4.63. The Bertz CT molecular complexity index is 638. The monoisotopic (exact) mass is 404 g/mol. The van der Waals surface area contributed by atoms with Gasteiger partial charge in [-0.3, -0.25) is 4.79 Å². The first kappa shape index (κ1) is 22.0. The third kappa shape index (κ3) is 6.68. The van der Waals surface area contributed by atoms with Crippen molar-refractivity contribution in [3.8, 4) is 0 Å². The van der Waals surface area contributed by atoms with Gasteiger partial charge in [0, 0.05) is 38.6 Å². The highest BCUT2D eigenvalue weighted by molar-refractivity contribution is 5.75. The highest BCUT2D eigenvalue weighted by Gasteiger charge is 2.29. The molecule has 0 unspecified atom stereocenters. The van der Waals surface area contributed by atoms with Gasteiger partial charge in [0.25, 0.3) is 0 Å². The largest absolute Gasteiger partial charge is 0.369 e. The molecule has 0 aromatic heterocycles. The molecule has 1 amide bonds. The Morgan fingerprint density at radius 1 is 1.10 bits per heavy atom. The Morgan fingerprint density at radius 2 is 1.79 bits per heavy atom. The molecule has 29 heavy (non-hydrogen) atoms. The summed E-state index contributed by atoms with van der Waals surface area (Å²) in [5.74, 6) is 0.747. The highest BCUT2D eigenvalue weighted by atomic mass is 19.1. The van der Waals surface area contributed by atoms with Gasteiger partial charge in [0.15, 0.2) is 0 Å². The van der Waals surface area contributed by atoms with Gasteiger partial charge in [0.1, 0.15) is 5.82 Å². The van der Waals surface area contributed by atoms with E-state index in [2.05, 4.69) is 20.0 Å². The number of carbonyl (C=O) groups is 1. The van der Waals surface area contributed by atoms with Crippen molar-refractivity contribution in [1.82, 2.24) is 15.1 Å². The summed E-state index contributed by atoms with van der Waals surface area (Å²) < 4.78 is 14.0. The quantitative estimate of drug-likeness (QED) is 0.723. The lowest BCUT2D eigenvalue weighted by Gasteiger charge is -2.42. The second-order valence-electron chi connectivity index (χ2n) is 8.84. The minimum atomic E-state index is -0.113. The maximum absolute atomic E-state index is 14.0. The number of anilines is 1. The van der Waals surface area contributed by atoms with E-state index in [9.17, 15) is 9.18 Å². The highest BCUT2D eigenvalue weighted by Crippen LogP contribution is 2.28. The molecule has 2 saturated heterocycles. The van der Waals surface area contributed by atoms with Crippen LogP contribution in [0, 0.1) is 11.7 Å².